The van der Waals surface area contributed by atoms with Gasteiger partial charge in [-0.15, -0.1) is 0 Å². The zero-order chi connectivity index (χ0) is 15.7. The van der Waals surface area contributed by atoms with Gasteiger partial charge < -0.3 is 9.80 Å². The number of nitrogens with zero attached hydrogens (tertiary/aromatic N) is 2. The van der Waals surface area contributed by atoms with Crippen molar-refractivity contribution in [3.05, 3.63) is 0 Å². The van der Waals surface area contributed by atoms with Crippen LogP contribution in [0, 0.1) is 5.92 Å². The number of rotatable bonds is 3. The molecule has 122 valence electrons. The van der Waals surface area contributed by atoms with Crippen molar-refractivity contribution in [3.8, 4) is 0 Å². The Morgan fingerprint density at radius 3 is 1.95 bits per heavy atom. The standard InChI is InChI=1S/C13H19F5N2O/c14-12(15,13(16,17)18)11(21)20-7-3-10(4-8-20)9-19-5-1-2-6-19/h10H,1-9H2. The summed E-state index contributed by atoms with van der Waals surface area (Å²) in [5, 5.41) is 0. The third-order valence-corrected chi connectivity index (χ3v) is 4.24. The smallest absolute Gasteiger partial charge is 0.337 e. The van der Waals surface area contributed by atoms with Gasteiger partial charge in [-0.25, -0.2) is 0 Å². The van der Waals surface area contributed by atoms with Gasteiger partial charge in [0.2, 0.25) is 0 Å². The molecule has 21 heavy (non-hydrogen) atoms. The third-order valence-electron chi connectivity index (χ3n) is 4.24. The van der Waals surface area contributed by atoms with Crippen LogP contribution < -0.4 is 0 Å². The Hall–Kier alpha value is -0.920. The molecule has 0 N–H and O–H groups in total. The molecule has 0 unspecified atom stereocenters. The van der Waals surface area contributed by atoms with Gasteiger partial charge in [0.15, 0.2) is 0 Å². The second-order valence-corrected chi connectivity index (χ2v) is 5.82. The Balaban J connectivity index is 1.84. The van der Waals surface area contributed by atoms with E-state index in [9.17, 15) is 26.7 Å². The molecule has 0 spiro atoms. The van der Waals surface area contributed by atoms with Crippen molar-refractivity contribution in [1.29, 1.82) is 0 Å². The minimum absolute atomic E-state index is 0.0248. The first-order valence-electron chi connectivity index (χ1n) is 7.18. The van der Waals surface area contributed by atoms with Gasteiger partial charge in [0.05, 0.1) is 0 Å². The number of likely N-dealkylation sites (tertiary alicyclic amines) is 2. The van der Waals surface area contributed by atoms with Crippen molar-refractivity contribution >= 4 is 5.91 Å². The van der Waals surface area contributed by atoms with E-state index < -0.39 is 18.0 Å². The van der Waals surface area contributed by atoms with Crippen molar-refractivity contribution in [2.24, 2.45) is 5.92 Å². The molecule has 0 aromatic heterocycles. The fourth-order valence-corrected chi connectivity index (χ4v) is 2.97. The molecule has 1 amide bonds. The highest BCUT2D eigenvalue weighted by molar-refractivity contribution is 5.84. The van der Waals surface area contributed by atoms with Gasteiger partial charge in [0, 0.05) is 19.6 Å². The maximum absolute atomic E-state index is 13.0. The number of hydrogen-bond acceptors (Lipinski definition) is 2. The average Bonchev–Trinajstić information content (AvgIpc) is 2.90. The topological polar surface area (TPSA) is 23.6 Å². The zero-order valence-corrected chi connectivity index (χ0v) is 11.6. The number of carbonyl (C=O) groups is 1. The van der Waals surface area contributed by atoms with Crippen LogP contribution in [-0.4, -0.2) is 60.5 Å². The summed E-state index contributed by atoms with van der Waals surface area (Å²) in [5.74, 6) is -7.13. The van der Waals surface area contributed by atoms with Gasteiger partial charge in [-0.1, -0.05) is 0 Å². The van der Waals surface area contributed by atoms with Crippen LogP contribution in [0.25, 0.3) is 0 Å². The van der Waals surface area contributed by atoms with E-state index in [0.717, 1.165) is 32.5 Å². The average molecular weight is 314 g/mol. The van der Waals surface area contributed by atoms with Gasteiger partial charge in [-0.3, -0.25) is 4.79 Å². The minimum atomic E-state index is -5.82. The van der Waals surface area contributed by atoms with Crippen molar-refractivity contribution in [3.63, 3.8) is 0 Å². The Labute approximate surface area is 120 Å². The first-order valence-corrected chi connectivity index (χ1v) is 7.18. The minimum Gasteiger partial charge on any atom is -0.337 e. The maximum Gasteiger partial charge on any atom is 0.463 e. The molecule has 8 heteroatoms. The summed E-state index contributed by atoms with van der Waals surface area (Å²) in [5.41, 5.74) is 0. The lowest BCUT2D eigenvalue weighted by molar-refractivity contribution is -0.274. The fourth-order valence-electron chi connectivity index (χ4n) is 2.97. The summed E-state index contributed by atoms with van der Waals surface area (Å²) in [6, 6.07) is 0. The molecule has 3 nitrogen and oxygen atoms in total. The molecular formula is C13H19F5N2O. The van der Waals surface area contributed by atoms with E-state index in [4.69, 9.17) is 0 Å². The summed E-state index contributed by atoms with van der Waals surface area (Å²) in [7, 11) is 0. The fraction of sp³-hybridized carbons (Fsp3) is 0.923. The second-order valence-electron chi connectivity index (χ2n) is 5.82. The molecule has 2 heterocycles. The first kappa shape index (κ1) is 16.5. The molecule has 2 saturated heterocycles. The third kappa shape index (κ3) is 3.64. The monoisotopic (exact) mass is 314 g/mol. The second kappa shape index (κ2) is 6.06. The normalized spacial score (nSPS) is 22.8. The SMILES string of the molecule is O=C(N1CCC(CN2CCCC2)CC1)C(F)(F)C(F)(F)F. The first-order chi connectivity index (χ1) is 9.72. The van der Waals surface area contributed by atoms with E-state index in [0.29, 0.717) is 17.7 Å². The van der Waals surface area contributed by atoms with E-state index in [-0.39, 0.29) is 19.0 Å². The number of alkyl halides is 5. The number of amides is 1. The van der Waals surface area contributed by atoms with E-state index in [1.165, 1.54) is 0 Å². The summed E-state index contributed by atoms with van der Waals surface area (Å²) in [6.45, 7) is 2.83. The molecule has 2 aliphatic heterocycles. The zero-order valence-electron chi connectivity index (χ0n) is 11.6. The van der Waals surface area contributed by atoms with Crippen LogP contribution in [0.2, 0.25) is 0 Å². The Kier molecular flexibility index (Phi) is 4.75. The van der Waals surface area contributed by atoms with Crippen molar-refractivity contribution in [1.82, 2.24) is 9.80 Å². The van der Waals surface area contributed by atoms with E-state index >= 15 is 0 Å². The molecule has 0 atom stereocenters. The predicted octanol–water partition coefficient (Wildman–Crippen LogP) is 2.52. The van der Waals surface area contributed by atoms with E-state index in [1.54, 1.807) is 0 Å². The number of carbonyl (C=O) groups excluding carboxylic acids is 1. The number of halogens is 5. The van der Waals surface area contributed by atoms with Crippen LogP contribution in [0.5, 0.6) is 0 Å². The van der Waals surface area contributed by atoms with E-state index in [2.05, 4.69) is 4.90 Å². The number of hydrogen-bond donors (Lipinski definition) is 0. The Morgan fingerprint density at radius 1 is 0.952 bits per heavy atom. The molecular weight excluding hydrogens is 295 g/mol. The summed E-state index contributed by atoms with van der Waals surface area (Å²) >= 11 is 0. The molecule has 2 aliphatic rings. The van der Waals surface area contributed by atoms with Gasteiger partial charge in [-0.2, -0.15) is 22.0 Å². The van der Waals surface area contributed by atoms with Crippen molar-refractivity contribution in [2.45, 2.75) is 37.8 Å². The van der Waals surface area contributed by atoms with Crippen LogP contribution >= 0.6 is 0 Å². The largest absolute Gasteiger partial charge is 0.463 e. The van der Waals surface area contributed by atoms with Crippen LogP contribution in [-0.2, 0) is 4.79 Å². The Morgan fingerprint density at radius 2 is 1.48 bits per heavy atom. The van der Waals surface area contributed by atoms with Gasteiger partial charge >= 0.3 is 18.0 Å². The van der Waals surface area contributed by atoms with Crippen LogP contribution in [0.15, 0.2) is 0 Å². The van der Waals surface area contributed by atoms with Crippen LogP contribution in [0.3, 0.4) is 0 Å². The molecule has 2 fully saturated rings. The molecule has 0 aliphatic carbocycles. The summed E-state index contributed by atoms with van der Waals surface area (Å²) < 4.78 is 62.6. The molecule has 2 rings (SSSR count). The Bertz CT molecular complexity index is 371. The highest BCUT2D eigenvalue weighted by atomic mass is 19.4. The van der Waals surface area contributed by atoms with Crippen LogP contribution in [0.1, 0.15) is 25.7 Å². The molecule has 0 bridgehead atoms. The maximum atomic E-state index is 13.0. The molecule has 0 aromatic carbocycles. The van der Waals surface area contributed by atoms with Crippen molar-refractivity contribution in [2.75, 3.05) is 32.7 Å². The van der Waals surface area contributed by atoms with Gasteiger partial charge in [-0.05, 0) is 44.7 Å². The van der Waals surface area contributed by atoms with Crippen LogP contribution in [0.4, 0.5) is 22.0 Å². The lowest BCUT2D eigenvalue weighted by Crippen LogP contribution is -2.54. The predicted molar refractivity (Wildman–Crippen MR) is 66.0 cm³/mol. The van der Waals surface area contributed by atoms with Gasteiger partial charge in [0.1, 0.15) is 0 Å². The summed E-state index contributed by atoms with van der Waals surface area (Å²) in [6.07, 6.45) is -2.56. The van der Waals surface area contributed by atoms with Crippen molar-refractivity contribution < 1.29 is 26.7 Å². The summed E-state index contributed by atoms with van der Waals surface area (Å²) in [4.78, 5) is 14.3. The molecule has 0 radical (unpaired) electrons. The molecule has 0 saturated carbocycles. The van der Waals surface area contributed by atoms with E-state index in [1.807, 2.05) is 0 Å². The number of piperidine rings is 1. The molecule has 0 aromatic rings. The highest BCUT2D eigenvalue weighted by Gasteiger charge is 2.64. The lowest BCUT2D eigenvalue weighted by Gasteiger charge is -2.35. The lowest BCUT2D eigenvalue weighted by atomic mass is 9.96. The quantitative estimate of drug-likeness (QED) is 0.747. The highest BCUT2D eigenvalue weighted by Crippen LogP contribution is 2.37. The van der Waals surface area contributed by atoms with Gasteiger partial charge in [0.25, 0.3) is 0 Å².